The predicted octanol–water partition coefficient (Wildman–Crippen LogP) is 2.09. The summed E-state index contributed by atoms with van der Waals surface area (Å²) in [6, 6.07) is 6.23. The van der Waals surface area contributed by atoms with Crippen LogP contribution in [0.25, 0.3) is 6.08 Å². The van der Waals surface area contributed by atoms with Crippen LogP contribution in [0.4, 0.5) is 11.4 Å². The van der Waals surface area contributed by atoms with Crippen molar-refractivity contribution in [3.8, 4) is 6.07 Å². The number of hydrogen-bond donors (Lipinski definition) is 1. The van der Waals surface area contributed by atoms with Crippen LogP contribution in [0.1, 0.15) is 19.4 Å². The van der Waals surface area contributed by atoms with E-state index in [4.69, 9.17) is 5.26 Å². The van der Waals surface area contributed by atoms with Gasteiger partial charge in [0.05, 0.1) is 4.92 Å². The first-order valence-electron chi connectivity index (χ1n) is 6.85. The van der Waals surface area contributed by atoms with E-state index < -0.39 is 10.8 Å². The van der Waals surface area contributed by atoms with Gasteiger partial charge in [-0.2, -0.15) is 5.26 Å². The van der Waals surface area contributed by atoms with Gasteiger partial charge >= 0.3 is 0 Å². The van der Waals surface area contributed by atoms with Crippen molar-refractivity contribution in [2.75, 3.05) is 25.0 Å². The highest BCUT2D eigenvalue weighted by atomic mass is 16.6. The minimum atomic E-state index is -0.528. The molecular weight excluding hydrogens is 284 g/mol. The molecule has 0 aliphatic rings. The number of hydrogen-bond acceptors (Lipinski definition) is 5. The van der Waals surface area contributed by atoms with Gasteiger partial charge in [-0.25, -0.2) is 0 Å². The lowest BCUT2D eigenvalue weighted by atomic mass is 10.1. The van der Waals surface area contributed by atoms with Crippen molar-refractivity contribution in [1.82, 2.24) is 5.32 Å². The van der Waals surface area contributed by atoms with E-state index in [1.54, 1.807) is 6.07 Å². The molecule has 0 aromatic heterocycles. The van der Waals surface area contributed by atoms with Crippen molar-refractivity contribution in [1.29, 1.82) is 5.26 Å². The normalized spacial score (nSPS) is 10.7. The van der Waals surface area contributed by atoms with Gasteiger partial charge in [0.15, 0.2) is 0 Å². The maximum absolute atomic E-state index is 11.6. The van der Waals surface area contributed by atoms with Gasteiger partial charge in [-0.3, -0.25) is 14.9 Å². The second-order valence-electron chi connectivity index (χ2n) is 4.42. The number of amides is 1. The Kier molecular flexibility index (Phi) is 6.08. The summed E-state index contributed by atoms with van der Waals surface area (Å²) in [5, 5.41) is 22.4. The van der Waals surface area contributed by atoms with Gasteiger partial charge in [0.1, 0.15) is 11.6 Å². The third-order valence-corrected chi connectivity index (χ3v) is 3.22. The number of non-ortho nitro benzene ring substituents is 1. The third-order valence-electron chi connectivity index (χ3n) is 3.22. The molecule has 0 saturated heterocycles. The van der Waals surface area contributed by atoms with E-state index in [-0.39, 0.29) is 11.3 Å². The number of likely N-dealkylation sites (N-methyl/N-ethyl adjacent to an activating group) is 1. The number of rotatable bonds is 6. The summed E-state index contributed by atoms with van der Waals surface area (Å²) in [5.41, 5.74) is 1.03. The third kappa shape index (κ3) is 3.82. The minimum Gasteiger partial charge on any atom is -0.372 e. The number of nitro groups is 1. The zero-order valence-electron chi connectivity index (χ0n) is 12.8. The van der Waals surface area contributed by atoms with Crippen LogP contribution < -0.4 is 10.2 Å². The molecule has 1 amide bonds. The van der Waals surface area contributed by atoms with Crippen LogP contribution in [0.15, 0.2) is 23.8 Å². The molecule has 0 unspecified atom stereocenters. The second-order valence-corrected chi connectivity index (χ2v) is 4.42. The average molecular weight is 302 g/mol. The molecular formula is C15H18N4O3. The molecule has 0 radical (unpaired) electrons. The molecule has 0 atom stereocenters. The fraction of sp³-hybridized carbons (Fsp3) is 0.333. The average Bonchev–Trinajstić information content (AvgIpc) is 2.53. The van der Waals surface area contributed by atoms with Gasteiger partial charge in [0.25, 0.3) is 11.6 Å². The largest absolute Gasteiger partial charge is 0.372 e. The Morgan fingerprint density at radius 2 is 2.09 bits per heavy atom. The van der Waals surface area contributed by atoms with E-state index >= 15 is 0 Å². The lowest BCUT2D eigenvalue weighted by molar-refractivity contribution is -0.384. The van der Waals surface area contributed by atoms with Gasteiger partial charge < -0.3 is 10.2 Å². The Hall–Kier alpha value is -2.88. The van der Waals surface area contributed by atoms with Crippen LogP contribution in [0.3, 0.4) is 0 Å². The topological polar surface area (TPSA) is 99.3 Å². The predicted molar refractivity (Wildman–Crippen MR) is 84.3 cm³/mol. The Labute approximate surface area is 129 Å². The van der Waals surface area contributed by atoms with Gasteiger partial charge in [-0.15, -0.1) is 0 Å². The molecule has 0 spiro atoms. The number of carbonyl (C=O) groups is 1. The molecule has 1 N–H and O–H groups in total. The first-order chi connectivity index (χ1) is 10.5. The van der Waals surface area contributed by atoms with E-state index in [0.717, 1.165) is 5.69 Å². The van der Waals surface area contributed by atoms with Gasteiger partial charge in [-0.05, 0) is 26.0 Å². The summed E-state index contributed by atoms with van der Waals surface area (Å²) in [6.45, 7) is 5.33. The lowest BCUT2D eigenvalue weighted by Gasteiger charge is -2.23. The van der Waals surface area contributed by atoms with Crippen LogP contribution >= 0.6 is 0 Å². The summed E-state index contributed by atoms with van der Waals surface area (Å²) < 4.78 is 0. The minimum absolute atomic E-state index is 0.0867. The highest BCUT2D eigenvalue weighted by Crippen LogP contribution is 2.27. The van der Waals surface area contributed by atoms with Crippen LogP contribution in [0.2, 0.25) is 0 Å². The standard InChI is InChI=1S/C15H18N4O3/c1-4-18(5-2)14-7-6-13(19(21)22)9-11(14)8-12(10-16)15(20)17-3/h6-9H,4-5H2,1-3H3,(H,17,20)/b12-8+. The van der Waals surface area contributed by atoms with E-state index in [1.165, 1.54) is 25.3 Å². The molecule has 0 fully saturated rings. The molecule has 0 saturated carbocycles. The van der Waals surface area contributed by atoms with Crippen LogP contribution in [0.5, 0.6) is 0 Å². The Bertz CT molecular complexity index is 643. The highest BCUT2D eigenvalue weighted by Gasteiger charge is 2.15. The number of nitrogens with one attached hydrogen (secondary N) is 1. The molecule has 7 nitrogen and oxygen atoms in total. The molecule has 7 heteroatoms. The first kappa shape index (κ1) is 17.2. The van der Waals surface area contributed by atoms with Gasteiger partial charge in [0.2, 0.25) is 0 Å². The maximum atomic E-state index is 11.6. The number of carbonyl (C=O) groups excluding carboxylic acids is 1. The van der Waals surface area contributed by atoms with E-state index in [9.17, 15) is 14.9 Å². The van der Waals surface area contributed by atoms with Gasteiger partial charge in [0, 0.05) is 43.5 Å². The van der Waals surface area contributed by atoms with Crippen LogP contribution in [-0.2, 0) is 4.79 Å². The van der Waals surface area contributed by atoms with Crippen molar-refractivity contribution < 1.29 is 9.72 Å². The molecule has 0 aliphatic heterocycles. The quantitative estimate of drug-likeness (QED) is 0.375. The smallest absolute Gasteiger partial charge is 0.270 e. The van der Waals surface area contributed by atoms with Crippen LogP contribution in [-0.4, -0.2) is 31.0 Å². The van der Waals surface area contributed by atoms with Gasteiger partial charge in [-0.1, -0.05) is 0 Å². The molecule has 1 aromatic rings. The molecule has 0 bridgehead atoms. The summed E-state index contributed by atoms with van der Waals surface area (Å²) in [7, 11) is 1.42. The zero-order valence-corrected chi connectivity index (χ0v) is 12.8. The number of nitrogens with zero attached hydrogens (tertiary/aromatic N) is 3. The first-order valence-corrected chi connectivity index (χ1v) is 6.85. The number of nitriles is 1. The summed E-state index contributed by atoms with van der Waals surface area (Å²) in [6.07, 6.45) is 1.37. The van der Waals surface area contributed by atoms with Crippen molar-refractivity contribution in [3.63, 3.8) is 0 Å². The fourth-order valence-electron chi connectivity index (χ4n) is 2.06. The summed E-state index contributed by atoms with van der Waals surface area (Å²) in [5.74, 6) is -0.528. The van der Waals surface area contributed by atoms with Crippen molar-refractivity contribution >= 4 is 23.4 Å². The Morgan fingerprint density at radius 1 is 1.45 bits per heavy atom. The SMILES string of the molecule is CCN(CC)c1ccc([N+](=O)[O-])cc1/C=C(\C#N)C(=O)NC. The van der Waals surface area contributed by atoms with Crippen molar-refractivity contribution in [3.05, 3.63) is 39.4 Å². The van der Waals surface area contributed by atoms with Crippen LogP contribution in [0, 0.1) is 21.4 Å². The molecule has 22 heavy (non-hydrogen) atoms. The zero-order chi connectivity index (χ0) is 16.7. The Balaban J connectivity index is 3.49. The van der Waals surface area contributed by atoms with Crippen molar-refractivity contribution in [2.45, 2.75) is 13.8 Å². The van der Waals surface area contributed by atoms with E-state index in [2.05, 4.69) is 5.32 Å². The maximum Gasteiger partial charge on any atom is 0.270 e. The number of anilines is 1. The van der Waals surface area contributed by atoms with Crippen molar-refractivity contribution in [2.24, 2.45) is 0 Å². The highest BCUT2D eigenvalue weighted by molar-refractivity contribution is 6.02. The lowest BCUT2D eigenvalue weighted by Crippen LogP contribution is -2.23. The van der Waals surface area contributed by atoms with E-state index in [0.29, 0.717) is 18.7 Å². The monoisotopic (exact) mass is 302 g/mol. The number of nitro benzene ring substituents is 1. The molecule has 116 valence electrons. The molecule has 1 aromatic carbocycles. The Morgan fingerprint density at radius 3 is 2.55 bits per heavy atom. The number of benzene rings is 1. The molecule has 0 aliphatic carbocycles. The molecule has 1 rings (SSSR count). The van der Waals surface area contributed by atoms with E-state index in [1.807, 2.05) is 24.8 Å². The molecule has 0 heterocycles. The summed E-state index contributed by atoms with van der Waals surface area (Å²) in [4.78, 5) is 24.1. The summed E-state index contributed by atoms with van der Waals surface area (Å²) >= 11 is 0. The second kappa shape index (κ2) is 7.78. The fourth-order valence-corrected chi connectivity index (χ4v) is 2.06.